The van der Waals surface area contributed by atoms with Crippen molar-refractivity contribution in [1.29, 1.82) is 0 Å². The van der Waals surface area contributed by atoms with Crippen LogP contribution in [0.1, 0.15) is 79.6 Å². The zero-order valence-corrected chi connectivity index (χ0v) is 18.8. The van der Waals surface area contributed by atoms with Crippen molar-refractivity contribution in [2.24, 2.45) is 5.92 Å². The van der Waals surface area contributed by atoms with Gasteiger partial charge in [0.15, 0.2) is 0 Å². The average molecular weight is 391 g/mol. The minimum atomic E-state index is -2.94. The second kappa shape index (κ2) is 14.1. The van der Waals surface area contributed by atoms with E-state index in [2.05, 4.69) is 34.6 Å². The van der Waals surface area contributed by atoms with E-state index in [4.69, 9.17) is 22.8 Å². The van der Waals surface area contributed by atoms with Crippen LogP contribution in [0.3, 0.4) is 0 Å². The lowest BCUT2D eigenvalue weighted by atomic mass is 10.1. The van der Waals surface area contributed by atoms with Gasteiger partial charge in [0.25, 0.3) is 0 Å². The Labute approximate surface area is 162 Å². The molecule has 0 aromatic carbocycles. The van der Waals surface area contributed by atoms with Crippen LogP contribution >= 0.6 is 0 Å². The van der Waals surface area contributed by atoms with Crippen LogP contribution in [0.5, 0.6) is 0 Å². The zero-order valence-electron chi connectivity index (χ0n) is 17.8. The van der Waals surface area contributed by atoms with E-state index in [1.54, 1.807) is 0 Å². The van der Waals surface area contributed by atoms with Crippen LogP contribution in [0.25, 0.3) is 0 Å². The number of hydrogen-bond donors (Lipinski definition) is 0. The molecular weight excluding hydrogens is 348 g/mol. The van der Waals surface area contributed by atoms with Gasteiger partial charge in [-0.25, -0.2) is 0 Å². The normalized spacial score (nSPS) is 19.5. The first-order chi connectivity index (χ1) is 12.6. The highest BCUT2D eigenvalue weighted by Crippen LogP contribution is 2.28. The summed E-state index contributed by atoms with van der Waals surface area (Å²) in [5.74, 6) is 0.324. The van der Waals surface area contributed by atoms with E-state index in [0.29, 0.717) is 32.3 Å². The molecule has 1 fully saturated rings. The Morgan fingerprint density at radius 1 is 0.885 bits per heavy atom. The summed E-state index contributed by atoms with van der Waals surface area (Å²) in [5, 5.41) is 0. The maximum atomic E-state index is 6.43. The minimum Gasteiger partial charge on any atom is -0.372 e. The summed E-state index contributed by atoms with van der Waals surface area (Å²) < 4.78 is 31.0. The second-order valence-electron chi connectivity index (χ2n) is 7.30. The Morgan fingerprint density at radius 3 is 1.69 bits per heavy atom. The van der Waals surface area contributed by atoms with Crippen LogP contribution in [0.15, 0.2) is 0 Å². The molecule has 0 bridgehead atoms. The Balaban J connectivity index is 2.94. The Kier molecular flexibility index (Phi) is 13.0. The Bertz CT molecular complexity index is 312. The van der Waals surface area contributed by atoms with Gasteiger partial charge in [-0.3, -0.25) is 0 Å². The summed E-state index contributed by atoms with van der Waals surface area (Å²) >= 11 is 0. The smallest absolute Gasteiger partial charge is 0.372 e. The van der Waals surface area contributed by atoms with Crippen molar-refractivity contribution in [3.8, 4) is 0 Å². The first kappa shape index (κ1) is 24.1. The van der Waals surface area contributed by atoms with Crippen molar-refractivity contribution >= 4 is 8.80 Å². The fourth-order valence-electron chi connectivity index (χ4n) is 2.65. The van der Waals surface area contributed by atoms with E-state index in [1.807, 2.05) is 0 Å². The minimum absolute atomic E-state index is 0.123. The van der Waals surface area contributed by atoms with Gasteiger partial charge in [0.05, 0.1) is 13.2 Å². The van der Waals surface area contributed by atoms with Crippen LogP contribution in [0, 0.1) is 5.92 Å². The van der Waals surface area contributed by atoms with Gasteiger partial charge in [0, 0.05) is 19.8 Å². The molecule has 1 saturated heterocycles. The van der Waals surface area contributed by atoms with Crippen LogP contribution in [0.4, 0.5) is 0 Å². The number of epoxide rings is 1. The highest BCUT2D eigenvalue weighted by molar-refractivity contribution is 6.62. The number of ether oxygens (including phenoxy) is 2. The third-order valence-corrected chi connectivity index (χ3v) is 8.03. The monoisotopic (exact) mass is 390 g/mol. The van der Waals surface area contributed by atoms with Gasteiger partial charge in [-0.1, -0.05) is 60.3 Å². The Hall–Kier alpha value is 0.0169. The summed E-state index contributed by atoms with van der Waals surface area (Å²) in [6, 6.07) is 0. The third kappa shape index (κ3) is 8.80. The zero-order chi connectivity index (χ0) is 19.3. The van der Waals surface area contributed by atoms with Gasteiger partial charge in [-0.15, -0.1) is 0 Å². The first-order valence-electron chi connectivity index (χ1n) is 10.8. The van der Waals surface area contributed by atoms with Gasteiger partial charge in [0.1, 0.15) is 11.8 Å². The van der Waals surface area contributed by atoms with E-state index < -0.39 is 8.80 Å². The average Bonchev–Trinajstić information content (AvgIpc) is 3.46. The van der Waals surface area contributed by atoms with Crippen LogP contribution in [-0.2, 0) is 22.8 Å². The predicted octanol–water partition coefficient (Wildman–Crippen LogP) is 4.74. The molecule has 0 spiro atoms. The maximum absolute atomic E-state index is 6.43. The molecule has 0 N–H and O–H groups in total. The lowest BCUT2D eigenvalue weighted by Gasteiger charge is -2.38. The molecule has 1 heterocycles. The highest BCUT2D eigenvalue weighted by Gasteiger charge is 2.53. The van der Waals surface area contributed by atoms with Gasteiger partial charge in [-0.2, -0.15) is 0 Å². The van der Waals surface area contributed by atoms with Crippen LogP contribution in [-0.4, -0.2) is 53.7 Å². The van der Waals surface area contributed by atoms with Crippen LogP contribution in [0.2, 0.25) is 0 Å². The number of rotatable bonds is 18. The quantitative estimate of drug-likeness (QED) is 0.192. The van der Waals surface area contributed by atoms with Gasteiger partial charge in [-0.05, 0) is 25.2 Å². The molecule has 0 aromatic heterocycles. The van der Waals surface area contributed by atoms with E-state index in [0.717, 1.165) is 51.6 Å². The highest BCUT2D eigenvalue weighted by atomic mass is 28.4. The van der Waals surface area contributed by atoms with E-state index in [9.17, 15) is 0 Å². The van der Waals surface area contributed by atoms with Gasteiger partial charge in [0.2, 0.25) is 0 Å². The standard InChI is InChI=1S/C20H42O5Si/c1-6-10-13-23-26(24-14-11-7-2,25-15-12-8-3)20(18(5)9-4)22-17-19-16-21-19/h18-20H,6-17H2,1-5H3. The van der Waals surface area contributed by atoms with Crippen molar-refractivity contribution < 1.29 is 22.8 Å². The van der Waals surface area contributed by atoms with Gasteiger partial charge < -0.3 is 22.8 Å². The molecule has 6 heteroatoms. The molecule has 1 aliphatic rings. The molecule has 1 rings (SSSR count). The molecule has 1 aliphatic heterocycles. The Morgan fingerprint density at radius 2 is 1.35 bits per heavy atom. The lowest BCUT2D eigenvalue weighted by Crippen LogP contribution is -2.60. The number of hydrogen-bond acceptors (Lipinski definition) is 5. The molecule has 5 nitrogen and oxygen atoms in total. The third-order valence-electron chi connectivity index (χ3n) is 4.78. The molecule has 0 aliphatic carbocycles. The maximum Gasteiger partial charge on any atom is 0.531 e. The molecule has 26 heavy (non-hydrogen) atoms. The van der Waals surface area contributed by atoms with Crippen molar-refractivity contribution in [1.82, 2.24) is 0 Å². The molecule has 0 amide bonds. The largest absolute Gasteiger partial charge is 0.531 e. The van der Waals surface area contributed by atoms with Crippen molar-refractivity contribution in [3.63, 3.8) is 0 Å². The van der Waals surface area contributed by atoms with Gasteiger partial charge >= 0.3 is 8.80 Å². The molecule has 156 valence electrons. The molecular formula is C20H42O5Si. The second-order valence-corrected chi connectivity index (χ2v) is 9.95. The fraction of sp³-hybridized carbons (Fsp3) is 1.00. The predicted molar refractivity (Wildman–Crippen MR) is 107 cm³/mol. The number of unbranched alkanes of at least 4 members (excludes halogenated alkanes) is 3. The first-order valence-corrected chi connectivity index (χ1v) is 12.6. The van der Waals surface area contributed by atoms with E-state index in [1.165, 1.54) is 0 Å². The molecule has 0 radical (unpaired) electrons. The summed E-state index contributed by atoms with van der Waals surface area (Å²) in [7, 11) is -2.94. The summed E-state index contributed by atoms with van der Waals surface area (Å²) in [6.07, 6.45) is 7.58. The molecule has 0 aromatic rings. The molecule has 0 saturated carbocycles. The topological polar surface area (TPSA) is 49.5 Å². The fourth-order valence-corrected chi connectivity index (χ4v) is 5.91. The summed E-state index contributed by atoms with van der Waals surface area (Å²) in [4.78, 5) is 0. The van der Waals surface area contributed by atoms with Crippen LogP contribution < -0.4 is 0 Å². The van der Waals surface area contributed by atoms with Crippen molar-refractivity contribution in [2.45, 2.75) is 91.4 Å². The van der Waals surface area contributed by atoms with Crippen molar-refractivity contribution in [2.75, 3.05) is 33.0 Å². The molecule has 3 atom stereocenters. The van der Waals surface area contributed by atoms with E-state index in [-0.39, 0.29) is 11.8 Å². The van der Waals surface area contributed by atoms with Crippen molar-refractivity contribution in [3.05, 3.63) is 0 Å². The lowest BCUT2D eigenvalue weighted by molar-refractivity contribution is -0.0386. The van der Waals surface area contributed by atoms with E-state index >= 15 is 0 Å². The summed E-state index contributed by atoms with van der Waals surface area (Å²) in [6.45, 7) is 14.4. The summed E-state index contributed by atoms with van der Waals surface area (Å²) in [5.41, 5.74) is -0.123. The SMILES string of the molecule is CCCCO[Si](OCCCC)(OCCCC)C(OCC1CO1)C(C)CC. The molecule has 3 unspecified atom stereocenters.